The zero-order chi connectivity index (χ0) is 39.9. The quantitative estimate of drug-likeness (QED) is 0.0901. The van der Waals surface area contributed by atoms with Gasteiger partial charge in [-0.15, -0.1) is 22.7 Å². The fraction of sp³-hybridized carbons (Fsp3) is 0.488. The van der Waals surface area contributed by atoms with Crippen LogP contribution in [0.25, 0.3) is 0 Å². The van der Waals surface area contributed by atoms with Crippen LogP contribution >= 0.6 is 22.7 Å². The van der Waals surface area contributed by atoms with Gasteiger partial charge in [0.15, 0.2) is 0 Å². The second-order valence-corrected chi connectivity index (χ2v) is 16.6. The number of piperidine rings is 1. The number of benzene rings is 2. The van der Waals surface area contributed by atoms with Crippen molar-refractivity contribution >= 4 is 40.7 Å². The molecule has 302 valence electrons. The van der Waals surface area contributed by atoms with E-state index in [1.54, 1.807) is 35.0 Å². The zero-order valence-electron chi connectivity index (χ0n) is 32.3. The third-order valence-corrected chi connectivity index (χ3v) is 11.6. The molecule has 1 aliphatic heterocycles. The number of likely N-dealkylation sites (tertiary alicyclic amines) is 1. The number of nitrogens with one attached hydrogen (secondary N) is 3. The zero-order valence-corrected chi connectivity index (χ0v) is 33.9. The van der Waals surface area contributed by atoms with Crippen LogP contribution in [0.5, 0.6) is 0 Å². The smallest absolute Gasteiger partial charge is 0.407 e. The normalized spacial score (nSPS) is 15.8. The number of urea groups is 1. The van der Waals surface area contributed by atoms with Crippen molar-refractivity contribution in [1.82, 2.24) is 35.7 Å². The summed E-state index contributed by atoms with van der Waals surface area (Å²) in [7, 11) is 1.64. The third-order valence-electron chi connectivity index (χ3n) is 9.64. The molecule has 1 saturated heterocycles. The molecule has 0 saturated carbocycles. The van der Waals surface area contributed by atoms with Crippen molar-refractivity contribution < 1.29 is 27.9 Å². The van der Waals surface area contributed by atoms with Gasteiger partial charge in [-0.3, -0.25) is 14.7 Å². The molecule has 0 radical (unpaired) electrons. The molecule has 3 N–H and O–H groups in total. The van der Waals surface area contributed by atoms with Crippen molar-refractivity contribution in [1.29, 1.82) is 0 Å². The Morgan fingerprint density at radius 2 is 1.59 bits per heavy atom. The molecule has 5 rings (SSSR count). The molecule has 0 spiro atoms. The monoisotopic (exact) mass is 809 g/mol. The molecule has 1 fully saturated rings. The summed E-state index contributed by atoms with van der Waals surface area (Å²) in [6.07, 6.45) is 3.53. The Balaban J connectivity index is 1.30. The predicted molar refractivity (Wildman–Crippen MR) is 216 cm³/mol. The van der Waals surface area contributed by atoms with Crippen LogP contribution in [-0.4, -0.2) is 88.5 Å². The number of carbonyl (C=O) groups excluding carboxylic acids is 3. The van der Waals surface area contributed by atoms with Crippen LogP contribution in [0.15, 0.2) is 77.8 Å². The van der Waals surface area contributed by atoms with Crippen molar-refractivity contribution in [2.75, 3.05) is 26.7 Å². The highest BCUT2D eigenvalue weighted by Crippen LogP contribution is 2.27. The number of carbonyl (C=O) groups is 3. The summed E-state index contributed by atoms with van der Waals surface area (Å²) in [4.78, 5) is 53.4. The molecule has 3 unspecified atom stereocenters. The van der Waals surface area contributed by atoms with E-state index in [2.05, 4.69) is 39.8 Å². The van der Waals surface area contributed by atoms with Crippen LogP contribution in [0.3, 0.4) is 0 Å². The number of halogens is 2. The minimum atomic E-state index is -2.79. The second-order valence-electron chi connectivity index (χ2n) is 14.8. The molecular formula is C41H53F2N7O4S2. The number of thiazole rings is 2. The number of rotatable bonds is 19. The molecule has 3 heterocycles. The first kappa shape index (κ1) is 42.7. The Hall–Kier alpha value is -4.47. The Labute approximate surface area is 336 Å². The lowest BCUT2D eigenvalue weighted by atomic mass is 9.95. The van der Waals surface area contributed by atoms with E-state index < -0.39 is 30.0 Å². The molecule has 1 aliphatic rings. The third kappa shape index (κ3) is 14.2. The Morgan fingerprint density at radius 3 is 2.18 bits per heavy atom. The molecule has 4 aromatic rings. The van der Waals surface area contributed by atoms with Gasteiger partial charge in [-0.05, 0) is 56.2 Å². The second kappa shape index (κ2) is 21.2. The summed E-state index contributed by atoms with van der Waals surface area (Å²) < 4.78 is 34.2. The summed E-state index contributed by atoms with van der Waals surface area (Å²) in [5, 5.41) is 12.0. The maximum atomic E-state index is 14.3. The molecule has 11 nitrogen and oxygen atoms in total. The molecule has 0 bridgehead atoms. The number of ether oxygens (including phenoxy) is 1. The lowest BCUT2D eigenvalue weighted by molar-refractivity contribution is -0.124. The van der Waals surface area contributed by atoms with Gasteiger partial charge in [-0.2, -0.15) is 0 Å². The molecule has 15 heteroatoms. The van der Waals surface area contributed by atoms with E-state index in [1.807, 2.05) is 66.0 Å². The van der Waals surface area contributed by atoms with E-state index in [1.165, 1.54) is 16.2 Å². The molecule has 56 heavy (non-hydrogen) atoms. The lowest BCUT2D eigenvalue weighted by Crippen LogP contribution is -2.54. The van der Waals surface area contributed by atoms with Gasteiger partial charge in [0.1, 0.15) is 12.6 Å². The van der Waals surface area contributed by atoms with Gasteiger partial charge < -0.3 is 25.6 Å². The number of hydrogen-bond acceptors (Lipinski definition) is 9. The van der Waals surface area contributed by atoms with E-state index in [0.29, 0.717) is 38.6 Å². The van der Waals surface area contributed by atoms with Crippen molar-refractivity contribution in [3.05, 3.63) is 104 Å². The van der Waals surface area contributed by atoms with Gasteiger partial charge in [0.25, 0.3) is 5.92 Å². The topological polar surface area (TPSA) is 129 Å². The van der Waals surface area contributed by atoms with Crippen LogP contribution in [0.2, 0.25) is 0 Å². The van der Waals surface area contributed by atoms with E-state index in [4.69, 9.17) is 4.74 Å². The standard InChI is InChI=1S/C41H53F2N7O4S2/c1-29(2)38-46-34(26-55-38)24-49(3)39(52)48-36(17-20-50-19-10-18-41(42,43)27-50)37(51)45-32(21-30-11-6-4-7-12-30)15-16-33(22-31-13-8-5-9-14-31)47-40(53)54-25-35-23-44-28-56-35/h4-9,11-14,23,26,28-29,32-33,36H,10,15-22,24-25,27H2,1-3H3,(H,45,51)(H,47,53)(H,48,52). The van der Waals surface area contributed by atoms with Gasteiger partial charge >= 0.3 is 12.1 Å². The van der Waals surface area contributed by atoms with Gasteiger partial charge in [0.2, 0.25) is 5.91 Å². The molecule has 2 aromatic heterocycles. The SMILES string of the molecule is CC(C)c1nc(CN(C)C(=O)NC(CCN2CCCC(F)(F)C2)C(=O)NC(CCC(Cc2ccccc2)NC(=O)OCc2cncs2)Cc2ccccc2)cs1. The highest BCUT2D eigenvalue weighted by molar-refractivity contribution is 7.09. The highest BCUT2D eigenvalue weighted by Gasteiger charge is 2.36. The molecule has 3 atom stereocenters. The lowest BCUT2D eigenvalue weighted by Gasteiger charge is -2.33. The number of aromatic nitrogens is 2. The largest absolute Gasteiger partial charge is 0.444 e. The van der Waals surface area contributed by atoms with E-state index in [0.717, 1.165) is 26.7 Å². The molecule has 2 aromatic carbocycles. The maximum absolute atomic E-state index is 14.3. The van der Waals surface area contributed by atoms with Crippen LogP contribution in [0.1, 0.15) is 78.6 Å². The van der Waals surface area contributed by atoms with Gasteiger partial charge in [-0.25, -0.2) is 23.4 Å². The van der Waals surface area contributed by atoms with Crippen LogP contribution in [-0.2, 0) is 35.5 Å². The first-order valence-corrected chi connectivity index (χ1v) is 20.9. The Kier molecular flexibility index (Phi) is 16.1. The first-order chi connectivity index (χ1) is 26.9. The van der Waals surface area contributed by atoms with Gasteiger partial charge in [0, 0.05) is 49.6 Å². The van der Waals surface area contributed by atoms with Crippen molar-refractivity contribution in [3.63, 3.8) is 0 Å². The Bertz CT molecular complexity index is 1800. The fourth-order valence-electron chi connectivity index (χ4n) is 6.66. The molecule has 0 aliphatic carbocycles. The van der Waals surface area contributed by atoms with E-state index >= 15 is 0 Å². The predicted octanol–water partition coefficient (Wildman–Crippen LogP) is 7.40. The average Bonchev–Trinajstić information content (AvgIpc) is 3.88. The summed E-state index contributed by atoms with van der Waals surface area (Å²) in [6, 6.07) is 17.5. The van der Waals surface area contributed by atoms with Crippen LogP contribution in [0, 0.1) is 0 Å². The summed E-state index contributed by atoms with van der Waals surface area (Å²) in [6.45, 7) is 4.82. The summed E-state index contributed by atoms with van der Waals surface area (Å²) >= 11 is 2.94. The van der Waals surface area contributed by atoms with Gasteiger partial charge in [-0.1, -0.05) is 74.5 Å². The van der Waals surface area contributed by atoms with E-state index in [-0.39, 0.29) is 57.1 Å². The summed E-state index contributed by atoms with van der Waals surface area (Å²) in [5.74, 6) is -2.93. The Morgan fingerprint density at radius 1 is 0.929 bits per heavy atom. The van der Waals surface area contributed by atoms with Crippen molar-refractivity contribution in [3.8, 4) is 0 Å². The number of amides is 4. The van der Waals surface area contributed by atoms with Gasteiger partial charge in [0.05, 0.1) is 34.2 Å². The number of hydrogen-bond donors (Lipinski definition) is 3. The molecular weight excluding hydrogens is 757 g/mol. The number of nitrogens with zero attached hydrogens (tertiary/aromatic N) is 4. The van der Waals surface area contributed by atoms with E-state index in [9.17, 15) is 23.2 Å². The summed E-state index contributed by atoms with van der Waals surface area (Å²) in [5.41, 5.74) is 4.48. The number of alkyl halides is 2. The number of alkyl carbamates (subject to hydrolysis) is 1. The minimum Gasteiger partial charge on any atom is -0.444 e. The molecule has 4 amide bonds. The fourth-order valence-corrected chi connectivity index (χ4v) is 7.99. The van der Waals surface area contributed by atoms with Crippen LogP contribution < -0.4 is 16.0 Å². The first-order valence-electron chi connectivity index (χ1n) is 19.2. The van der Waals surface area contributed by atoms with Crippen molar-refractivity contribution in [2.24, 2.45) is 0 Å². The average molecular weight is 810 g/mol. The van der Waals surface area contributed by atoms with Crippen LogP contribution in [0.4, 0.5) is 18.4 Å². The highest BCUT2D eigenvalue weighted by atomic mass is 32.1. The minimum absolute atomic E-state index is 0.112. The maximum Gasteiger partial charge on any atom is 0.407 e. The van der Waals surface area contributed by atoms with Crippen molar-refractivity contribution in [2.45, 2.75) is 102 Å².